The molecule has 6 heteroatoms. The zero-order valence-corrected chi connectivity index (χ0v) is 16.6. The van der Waals surface area contributed by atoms with E-state index in [0.29, 0.717) is 17.2 Å². The summed E-state index contributed by atoms with van der Waals surface area (Å²) in [6, 6.07) is 18.5. The van der Waals surface area contributed by atoms with E-state index >= 15 is 0 Å². The van der Waals surface area contributed by atoms with Gasteiger partial charge >= 0.3 is 0 Å². The highest BCUT2D eigenvalue weighted by Gasteiger charge is 2.20. The van der Waals surface area contributed by atoms with Gasteiger partial charge in [0.15, 0.2) is 0 Å². The first-order valence-corrected chi connectivity index (χ1v) is 9.33. The molecule has 1 N–H and O–H groups in total. The van der Waals surface area contributed by atoms with Crippen LogP contribution in [0.1, 0.15) is 16.9 Å². The number of benzene rings is 2. The van der Waals surface area contributed by atoms with Gasteiger partial charge in [-0.2, -0.15) is 0 Å². The number of nitrogens with one attached hydrogen (secondary N) is 1. The molecule has 150 valence electrons. The normalized spacial score (nSPS) is 10.4. The lowest BCUT2D eigenvalue weighted by molar-refractivity contribution is -0.134. The highest BCUT2D eigenvalue weighted by molar-refractivity contribution is 5.95. The molecule has 1 heterocycles. The number of rotatable bonds is 8. The third-order valence-corrected chi connectivity index (χ3v) is 4.47. The summed E-state index contributed by atoms with van der Waals surface area (Å²) in [5.41, 5.74) is 2.59. The van der Waals surface area contributed by atoms with Crippen LogP contribution in [-0.4, -0.2) is 30.4 Å². The minimum Gasteiger partial charge on any atom is -0.495 e. The molecule has 6 nitrogen and oxygen atoms in total. The molecule has 0 aliphatic rings. The maximum Gasteiger partial charge on any atom is 0.244 e. The van der Waals surface area contributed by atoms with E-state index in [9.17, 15) is 9.59 Å². The minimum atomic E-state index is -0.307. The second-order valence-corrected chi connectivity index (χ2v) is 6.74. The van der Waals surface area contributed by atoms with Gasteiger partial charge in [-0.3, -0.25) is 9.59 Å². The number of amides is 2. The fraction of sp³-hybridized carbons (Fsp3) is 0.217. The SMILES string of the molecule is COc1ccccc1NC(=O)CN(Cc1ccco1)C(=O)Cc1ccc(C)cc1. The minimum absolute atomic E-state index is 0.0938. The van der Waals surface area contributed by atoms with Gasteiger partial charge in [-0.15, -0.1) is 0 Å². The van der Waals surface area contributed by atoms with Crippen molar-refractivity contribution in [1.82, 2.24) is 4.90 Å². The van der Waals surface area contributed by atoms with Gasteiger partial charge in [0.05, 0.1) is 32.0 Å². The summed E-state index contributed by atoms with van der Waals surface area (Å²) < 4.78 is 10.6. The quantitative estimate of drug-likeness (QED) is 0.633. The molecule has 0 spiro atoms. The Labute approximate surface area is 170 Å². The maximum atomic E-state index is 12.9. The van der Waals surface area contributed by atoms with Crippen molar-refractivity contribution < 1.29 is 18.7 Å². The number of hydrogen-bond acceptors (Lipinski definition) is 4. The van der Waals surface area contributed by atoms with Crippen molar-refractivity contribution >= 4 is 17.5 Å². The predicted octanol–water partition coefficient (Wildman–Crippen LogP) is 3.81. The molecule has 1 aromatic heterocycles. The first kappa shape index (κ1) is 20.2. The number of nitrogens with zero attached hydrogens (tertiary/aromatic N) is 1. The summed E-state index contributed by atoms with van der Waals surface area (Å²) in [6.45, 7) is 2.12. The topological polar surface area (TPSA) is 71.8 Å². The van der Waals surface area contributed by atoms with Crippen LogP contribution in [-0.2, 0) is 22.6 Å². The Kier molecular flexibility index (Phi) is 6.68. The van der Waals surface area contributed by atoms with Crippen LogP contribution in [0.25, 0.3) is 0 Å². The lowest BCUT2D eigenvalue weighted by Crippen LogP contribution is -2.38. The molecule has 2 amide bonds. The zero-order valence-electron chi connectivity index (χ0n) is 16.6. The van der Waals surface area contributed by atoms with Crippen LogP contribution in [0.5, 0.6) is 5.75 Å². The van der Waals surface area contributed by atoms with E-state index in [1.807, 2.05) is 37.3 Å². The molecule has 0 bridgehead atoms. The van der Waals surface area contributed by atoms with E-state index in [0.717, 1.165) is 11.1 Å². The highest BCUT2D eigenvalue weighted by atomic mass is 16.5. The Morgan fingerprint density at radius 2 is 1.79 bits per heavy atom. The Morgan fingerprint density at radius 1 is 1.03 bits per heavy atom. The standard InChI is InChI=1S/C23H24N2O4/c1-17-9-11-18(12-10-17)14-23(27)25(15-19-6-5-13-29-19)16-22(26)24-20-7-3-4-8-21(20)28-2/h3-13H,14-16H2,1-2H3,(H,24,26). The van der Waals surface area contributed by atoms with Crippen molar-refractivity contribution in [3.8, 4) is 5.75 Å². The number of anilines is 1. The highest BCUT2D eigenvalue weighted by Crippen LogP contribution is 2.23. The molecule has 0 aliphatic heterocycles. The van der Waals surface area contributed by atoms with E-state index in [1.165, 1.54) is 4.90 Å². The van der Waals surface area contributed by atoms with Gasteiger partial charge in [0, 0.05) is 0 Å². The van der Waals surface area contributed by atoms with Gasteiger partial charge < -0.3 is 19.4 Å². The van der Waals surface area contributed by atoms with Crippen LogP contribution >= 0.6 is 0 Å². The van der Waals surface area contributed by atoms with Gasteiger partial charge in [-0.05, 0) is 36.8 Å². The third-order valence-electron chi connectivity index (χ3n) is 4.47. The number of carbonyl (C=O) groups is 2. The predicted molar refractivity (Wildman–Crippen MR) is 111 cm³/mol. The summed E-state index contributed by atoms with van der Waals surface area (Å²) >= 11 is 0. The number of hydrogen-bond donors (Lipinski definition) is 1. The number of methoxy groups -OCH3 is 1. The van der Waals surface area contributed by atoms with Gasteiger partial charge in [0.25, 0.3) is 0 Å². The Bertz CT molecular complexity index is 949. The first-order chi connectivity index (χ1) is 14.0. The van der Waals surface area contributed by atoms with Crippen molar-refractivity contribution in [2.45, 2.75) is 19.9 Å². The monoisotopic (exact) mass is 392 g/mol. The molecule has 0 saturated heterocycles. The summed E-state index contributed by atoms with van der Waals surface area (Å²) in [5, 5.41) is 2.81. The Balaban J connectivity index is 1.71. The number of ether oxygens (including phenoxy) is 1. The van der Waals surface area contributed by atoms with Crippen molar-refractivity contribution in [2.24, 2.45) is 0 Å². The molecular formula is C23H24N2O4. The lowest BCUT2D eigenvalue weighted by atomic mass is 10.1. The van der Waals surface area contributed by atoms with Crippen molar-refractivity contribution in [2.75, 3.05) is 19.0 Å². The van der Waals surface area contributed by atoms with E-state index in [2.05, 4.69) is 5.32 Å². The van der Waals surface area contributed by atoms with Gasteiger partial charge in [0.1, 0.15) is 18.1 Å². The van der Waals surface area contributed by atoms with Crippen LogP contribution in [0, 0.1) is 6.92 Å². The van der Waals surface area contributed by atoms with Crippen LogP contribution in [0.3, 0.4) is 0 Å². The van der Waals surface area contributed by atoms with Crippen LogP contribution in [0.15, 0.2) is 71.3 Å². The maximum absolute atomic E-state index is 12.9. The number of furan rings is 1. The van der Waals surface area contributed by atoms with Gasteiger partial charge in [0.2, 0.25) is 11.8 Å². The van der Waals surface area contributed by atoms with E-state index in [4.69, 9.17) is 9.15 Å². The smallest absolute Gasteiger partial charge is 0.244 e. The molecule has 2 aromatic carbocycles. The number of para-hydroxylation sites is 2. The van der Waals surface area contributed by atoms with Crippen LogP contribution in [0.2, 0.25) is 0 Å². The molecule has 0 aliphatic carbocycles. The average molecular weight is 392 g/mol. The fourth-order valence-corrected chi connectivity index (χ4v) is 2.93. The third kappa shape index (κ3) is 5.72. The zero-order chi connectivity index (χ0) is 20.6. The summed E-state index contributed by atoms with van der Waals surface area (Å²) in [7, 11) is 1.54. The van der Waals surface area contributed by atoms with E-state index < -0.39 is 0 Å². The first-order valence-electron chi connectivity index (χ1n) is 9.33. The molecule has 0 saturated carbocycles. The van der Waals surface area contributed by atoms with Crippen LogP contribution < -0.4 is 10.1 Å². The van der Waals surface area contributed by atoms with Gasteiger partial charge in [-0.1, -0.05) is 42.0 Å². The second kappa shape index (κ2) is 9.59. The molecule has 29 heavy (non-hydrogen) atoms. The molecule has 0 unspecified atom stereocenters. The van der Waals surface area contributed by atoms with Crippen molar-refractivity contribution in [1.29, 1.82) is 0 Å². The molecular weight excluding hydrogens is 368 g/mol. The van der Waals surface area contributed by atoms with Crippen LogP contribution in [0.4, 0.5) is 5.69 Å². The van der Waals surface area contributed by atoms with E-state index in [-0.39, 0.29) is 31.3 Å². The Hall–Kier alpha value is -3.54. The summed E-state index contributed by atoms with van der Waals surface area (Å²) in [6.07, 6.45) is 1.76. The van der Waals surface area contributed by atoms with Crippen molar-refractivity contribution in [3.63, 3.8) is 0 Å². The lowest BCUT2D eigenvalue weighted by Gasteiger charge is -2.22. The average Bonchev–Trinajstić information content (AvgIpc) is 3.23. The molecule has 0 fully saturated rings. The molecule has 0 radical (unpaired) electrons. The largest absolute Gasteiger partial charge is 0.495 e. The fourth-order valence-electron chi connectivity index (χ4n) is 2.93. The molecule has 0 atom stereocenters. The Morgan fingerprint density at radius 3 is 2.48 bits per heavy atom. The summed E-state index contributed by atoms with van der Waals surface area (Å²) in [5.74, 6) is 0.718. The number of carbonyl (C=O) groups excluding carboxylic acids is 2. The van der Waals surface area contributed by atoms with Crippen molar-refractivity contribution in [3.05, 3.63) is 83.8 Å². The second-order valence-electron chi connectivity index (χ2n) is 6.74. The van der Waals surface area contributed by atoms with E-state index in [1.54, 1.807) is 43.7 Å². The summed E-state index contributed by atoms with van der Waals surface area (Å²) in [4.78, 5) is 27.0. The number of aryl methyl sites for hydroxylation is 1. The molecule has 3 aromatic rings. The van der Waals surface area contributed by atoms with Gasteiger partial charge in [-0.25, -0.2) is 0 Å². The molecule has 3 rings (SSSR count).